The number of nitrogens with one attached hydrogen (secondary N) is 1. The van der Waals surface area contributed by atoms with Gasteiger partial charge in [0.05, 0.1) is 12.7 Å². The van der Waals surface area contributed by atoms with Crippen LogP contribution in [0.2, 0.25) is 0 Å². The SMILES string of the molecule is CC(C)CC1NCC(=O)N1CC(C)C1CC1. The van der Waals surface area contributed by atoms with E-state index in [1.165, 1.54) is 12.8 Å². The summed E-state index contributed by atoms with van der Waals surface area (Å²) in [5, 5.41) is 3.33. The zero-order chi connectivity index (χ0) is 11.7. The lowest BCUT2D eigenvalue weighted by Gasteiger charge is -2.28. The number of hydrogen-bond donors (Lipinski definition) is 1. The second kappa shape index (κ2) is 4.74. The summed E-state index contributed by atoms with van der Waals surface area (Å²) in [7, 11) is 0. The van der Waals surface area contributed by atoms with E-state index in [2.05, 4.69) is 31.0 Å². The van der Waals surface area contributed by atoms with Crippen LogP contribution in [0.25, 0.3) is 0 Å². The molecule has 2 fully saturated rings. The van der Waals surface area contributed by atoms with Gasteiger partial charge in [0.1, 0.15) is 0 Å². The summed E-state index contributed by atoms with van der Waals surface area (Å²) in [5.41, 5.74) is 0. The molecule has 16 heavy (non-hydrogen) atoms. The Kier molecular flexibility index (Phi) is 3.53. The fourth-order valence-electron chi connectivity index (χ4n) is 2.60. The lowest BCUT2D eigenvalue weighted by molar-refractivity contribution is -0.128. The van der Waals surface area contributed by atoms with Gasteiger partial charge >= 0.3 is 0 Å². The van der Waals surface area contributed by atoms with Gasteiger partial charge in [-0.05, 0) is 37.0 Å². The molecule has 0 spiro atoms. The Morgan fingerprint density at radius 1 is 1.38 bits per heavy atom. The van der Waals surface area contributed by atoms with E-state index in [0.717, 1.165) is 18.9 Å². The summed E-state index contributed by atoms with van der Waals surface area (Å²) < 4.78 is 0. The third kappa shape index (κ3) is 2.76. The molecule has 1 amide bonds. The molecule has 3 heteroatoms. The predicted molar refractivity (Wildman–Crippen MR) is 64.8 cm³/mol. The van der Waals surface area contributed by atoms with Crippen molar-refractivity contribution in [1.29, 1.82) is 0 Å². The number of nitrogens with zero attached hydrogens (tertiary/aromatic N) is 1. The molecule has 1 aliphatic carbocycles. The van der Waals surface area contributed by atoms with E-state index in [-0.39, 0.29) is 12.1 Å². The molecule has 1 saturated carbocycles. The first-order valence-electron chi connectivity index (χ1n) is 6.60. The molecule has 0 aromatic carbocycles. The largest absolute Gasteiger partial charge is 0.326 e. The van der Waals surface area contributed by atoms with Crippen LogP contribution in [0.5, 0.6) is 0 Å². The first-order chi connectivity index (χ1) is 7.58. The predicted octanol–water partition coefficient (Wildman–Crippen LogP) is 1.84. The molecule has 0 radical (unpaired) electrons. The number of rotatable bonds is 5. The van der Waals surface area contributed by atoms with Gasteiger partial charge in [-0.2, -0.15) is 0 Å². The average molecular weight is 224 g/mol. The van der Waals surface area contributed by atoms with Gasteiger partial charge in [-0.15, -0.1) is 0 Å². The lowest BCUT2D eigenvalue weighted by Crippen LogP contribution is -2.41. The van der Waals surface area contributed by atoms with Crippen LogP contribution in [0.4, 0.5) is 0 Å². The highest BCUT2D eigenvalue weighted by molar-refractivity contribution is 5.80. The Balaban J connectivity index is 1.89. The Hall–Kier alpha value is -0.570. The van der Waals surface area contributed by atoms with E-state index in [0.29, 0.717) is 18.4 Å². The molecule has 2 unspecified atom stereocenters. The van der Waals surface area contributed by atoms with Gasteiger partial charge in [0.2, 0.25) is 5.91 Å². The monoisotopic (exact) mass is 224 g/mol. The summed E-state index contributed by atoms with van der Waals surface area (Å²) in [6, 6.07) is 0. The van der Waals surface area contributed by atoms with Gasteiger partial charge < -0.3 is 4.90 Å². The zero-order valence-corrected chi connectivity index (χ0v) is 10.7. The van der Waals surface area contributed by atoms with Crippen molar-refractivity contribution in [3.8, 4) is 0 Å². The second-order valence-corrected chi connectivity index (χ2v) is 5.89. The number of amides is 1. The molecular formula is C13H24N2O. The second-order valence-electron chi connectivity index (χ2n) is 5.89. The molecule has 1 aliphatic heterocycles. The lowest BCUT2D eigenvalue weighted by atomic mass is 10.0. The van der Waals surface area contributed by atoms with Crippen molar-refractivity contribution in [2.45, 2.75) is 46.2 Å². The Morgan fingerprint density at radius 2 is 2.06 bits per heavy atom. The quantitative estimate of drug-likeness (QED) is 0.773. The highest BCUT2D eigenvalue weighted by Gasteiger charge is 2.35. The summed E-state index contributed by atoms with van der Waals surface area (Å²) in [5.74, 6) is 2.49. The van der Waals surface area contributed by atoms with Crippen molar-refractivity contribution in [3.05, 3.63) is 0 Å². The number of carbonyl (C=O) groups is 1. The van der Waals surface area contributed by atoms with Crippen LogP contribution >= 0.6 is 0 Å². The summed E-state index contributed by atoms with van der Waals surface area (Å²) in [6.45, 7) is 8.21. The van der Waals surface area contributed by atoms with Crippen LogP contribution in [-0.4, -0.2) is 30.1 Å². The molecule has 2 atom stereocenters. The van der Waals surface area contributed by atoms with E-state index in [4.69, 9.17) is 0 Å². The molecule has 92 valence electrons. The fourth-order valence-corrected chi connectivity index (χ4v) is 2.60. The van der Waals surface area contributed by atoms with Crippen LogP contribution in [0.3, 0.4) is 0 Å². The van der Waals surface area contributed by atoms with Gasteiger partial charge in [-0.3, -0.25) is 10.1 Å². The molecule has 2 aliphatic rings. The third-order valence-electron chi connectivity index (χ3n) is 3.79. The van der Waals surface area contributed by atoms with E-state index in [9.17, 15) is 4.79 Å². The normalized spacial score (nSPS) is 27.9. The third-order valence-corrected chi connectivity index (χ3v) is 3.79. The van der Waals surface area contributed by atoms with Crippen molar-refractivity contribution in [3.63, 3.8) is 0 Å². The van der Waals surface area contributed by atoms with Crippen molar-refractivity contribution in [2.24, 2.45) is 17.8 Å². The maximum absolute atomic E-state index is 11.8. The molecule has 1 N–H and O–H groups in total. The van der Waals surface area contributed by atoms with Gasteiger partial charge in [0.15, 0.2) is 0 Å². The van der Waals surface area contributed by atoms with Gasteiger partial charge in [-0.25, -0.2) is 0 Å². The van der Waals surface area contributed by atoms with Crippen LogP contribution in [-0.2, 0) is 4.79 Å². The summed E-state index contributed by atoms with van der Waals surface area (Å²) in [6.07, 6.45) is 4.09. The first kappa shape index (κ1) is 11.9. The molecule has 0 aromatic heterocycles. The Labute approximate surface area is 98.6 Å². The fraction of sp³-hybridized carbons (Fsp3) is 0.923. The Morgan fingerprint density at radius 3 is 2.62 bits per heavy atom. The smallest absolute Gasteiger partial charge is 0.237 e. The molecular weight excluding hydrogens is 200 g/mol. The van der Waals surface area contributed by atoms with E-state index < -0.39 is 0 Å². The standard InChI is InChI=1S/C13H24N2O/c1-9(2)6-12-14-7-13(16)15(12)8-10(3)11-4-5-11/h9-12,14H,4-8H2,1-3H3. The van der Waals surface area contributed by atoms with Crippen LogP contribution < -0.4 is 5.32 Å². The highest BCUT2D eigenvalue weighted by atomic mass is 16.2. The zero-order valence-electron chi connectivity index (χ0n) is 10.7. The van der Waals surface area contributed by atoms with Gasteiger partial charge in [0.25, 0.3) is 0 Å². The molecule has 2 rings (SSSR count). The summed E-state index contributed by atoms with van der Waals surface area (Å²) in [4.78, 5) is 13.9. The highest BCUT2D eigenvalue weighted by Crippen LogP contribution is 2.37. The molecule has 0 aromatic rings. The van der Waals surface area contributed by atoms with Crippen molar-refractivity contribution < 1.29 is 4.79 Å². The van der Waals surface area contributed by atoms with E-state index in [1.54, 1.807) is 0 Å². The maximum atomic E-state index is 11.8. The topological polar surface area (TPSA) is 32.3 Å². The number of carbonyl (C=O) groups excluding carboxylic acids is 1. The van der Waals surface area contributed by atoms with Crippen molar-refractivity contribution >= 4 is 5.91 Å². The maximum Gasteiger partial charge on any atom is 0.237 e. The van der Waals surface area contributed by atoms with Crippen LogP contribution in [0.15, 0.2) is 0 Å². The van der Waals surface area contributed by atoms with Crippen molar-refractivity contribution in [1.82, 2.24) is 10.2 Å². The van der Waals surface area contributed by atoms with Crippen LogP contribution in [0.1, 0.15) is 40.0 Å². The average Bonchev–Trinajstić information content (AvgIpc) is 2.99. The van der Waals surface area contributed by atoms with Gasteiger partial charge in [-0.1, -0.05) is 20.8 Å². The van der Waals surface area contributed by atoms with E-state index in [1.807, 2.05) is 0 Å². The number of hydrogen-bond acceptors (Lipinski definition) is 2. The molecule has 1 saturated heterocycles. The van der Waals surface area contributed by atoms with Crippen molar-refractivity contribution in [2.75, 3.05) is 13.1 Å². The van der Waals surface area contributed by atoms with E-state index >= 15 is 0 Å². The minimum Gasteiger partial charge on any atom is -0.326 e. The molecule has 1 heterocycles. The Bertz CT molecular complexity index is 261. The minimum atomic E-state index is 0.286. The summed E-state index contributed by atoms with van der Waals surface area (Å²) >= 11 is 0. The molecule has 0 bridgehead atoms. The first-order valence-corrected chi connectivity index (χ1v) is 6.60. The van der Waals surface area contributed by atoms with Gasteiger partial charge in [0, 0.05) is 6.54 Å². The van der Waals surface area contributed by atoms with Crippen LogP contribution in [0, 0.1) is 17.8 Å². The molecule has 3 nitrogen and oxygen atoms in total. The minimum absolute atomic E-state index is 0.286.